The third kappa shape index (κ3) is 1.17. The van der Waals surface area contributed by atoms with E-state index in [-0.39, 0.29) is 0 Å². The van der Waals surface area contributed by atoms with Crippen molar-refractivity contribution in [2.45, 2.75) is 6.42 Å². The van der Waals surface area contributed by atoms with Crippen LogP contribution in [0.3, 0.4) is 0 Å². The van der Waals surface area contributed by atoms with Gasteiger partial charge in [0.15, 0.2) is 0 Å². The van der Waals surface area contributed by atoms with Gasteiger partial charge in [-0.15, -0.1) is 0 Å². The topological polar surface area (TPSA) is 41.6 Å². The average Bonchev–Trinajstić information content (AvgIpc) is 2.50. The molecular formula is C10H9N3. The van der Waals surface area contributed by atoms with E-state index in [9.17, 15) is 0 Å². The zero-order valence-electron chi connectivity index (χ0n) is 7.36. The molecule has 0 atom stereocenters. The van der Waals surface area contributed by atoms with Gasteiger partial charge in [-0.3, -0.25) is 4.68 Å². The van der Waals surface area contributed by atoms with Crippen molar-refractivity contribution in [3.63, 3.8) is 0 Å². The van der Waals surface area contributed by atoms with E-state index in [0.717, 1.165) is 16.5 Å². The minimum absolute atomic E-state index is 0.447. The van der Waals surface area contributed by atoms with Crippen LogP contribution in [0.15, 0.2) is 24.4 Å². The number of aromatic nitrogens is 2. The molecule has 1 heterocycles. The van der Waals surface area contributed by atoms with Crippen molar-refractivity contribution < 1.29 is 0 Å². The van der Waals surface area contributed by atoms with Gasteiger partial charge >= 0.3 is 0 Å². The maximum atomic E-state index is 8.61. The molecule has 13 heavy (non-hydrogen) atoms. The molecule has 0 N–H and O–H groups in total. The molecule has 0 aliphatic rings. The van der Waals surface area contributed by atoms with Gasteiger partial charge in [-0.1, -0.05) is 12.1 Å². The number of nitriles is 1. The van der Waals surface area contributed by atoms with Crippen molar-refractivity contribution in [1.82, 2.24) is 9.78 Å². The predicted molar refractivity (Wildman–Crippen MR) is 50.0 cm³/mol. The normalized spacial score (nSPS) is 10.2. The predicted octanol–water partition coefficient (Wildman–Crippen LogP) is 1.64. The van der Waals surface area contributed by atoms with Crippen LogP contribution < -0.4 is 0 Å². The van der Waals surface area contributed by atoms with Gasteiger partial charge in [-0.05, 0) is 11.6 Å². The molecule has 0 unspecified atom stereocenters. The summed E-state index contributed by atoms with van der Waals surface area (Å²) < 4.78 is 1.82. The molecule has 64 valence electrons. The van der Waals surface area contributed by atoms with Crippen LogP contribution in [0.25, 0.3) is 10.9 Å². The molecule has 0 spiro atoms. The summed E-state index contributed by atoms with van der Waals surface area (Å²) in [4.78, 5) is 0. The van der Waals surface area contributed by atoms with Gasteiger partial charge in [-0.2, -0.15) is 10.4 Å². The van der Waals surface area contributed by atoms with Crippen LogP contribution >= 0.6 is 0 Å². The Labute approximate surface area is 76.2 Å². The number of nitrogens with zero attached hydrogens (tertiary/aromatic N) is 3. The first-order chi connectivity index (χ1) is 6.33. The second kappa shape index (κ2) is 2.91. The van der Waals surface area contributed by atoms with Crippen molar-refractivity contribution >= 4 is 10.9 Å². The second-order valence-electron chi connectivity index (χ2n) is 2.95. The van der Waals surface area contributed by atoms with Gasteiger partial charge in [0.2, 0.25) is 0 Å². The van der Waals surface area contributed by atoms with E-state index < -0.39 is 0 Å². The number of hydrogen-bond acceptors (Lipinski definition) is 2. The lowest BCUT2D eigenvalue weighted by atomic mass is 10.1. The fraction of sp³-hybridized carbons (Fsp3) is 0.200. The first kappa shape index (κ1) is 7.81. The summed E-state index contributed by atoms with van der Waals surface area (Å²) in [6, 6.07) is 8.07. The van der Waals surface area contributed by atoms with Crippen molar-refractivity contribution in [2.75, 3.05) is 0 Å². The van der Waals surface area contributed by atoms with E-state index in [2.05, 4.69) is 11.2 Å². The molecule has 0 saturated heterocycles. The third-order valence-electron chi connectivity index (χ3n) is 2.15. The number of hydrogen-bond donors (Lipinski definition) is 0. The van der Waals surface area contributed by atoms with Gasteiger partial charge < -0.3 is 0 Å². The molecule has 2 aromatic rings. The van der Waals surface area contributed by atoms with Crippen molar-refractivity contribution in [3.05, 3.63) is 30.0 Å². The van der Waals surface area contributed by atoms with Crippen LogP contribution in [0.2, 0.25) is 0 Å². The molecular weight excluding hydrogens is 162 g/mol. The Bertz CT molecular complexity index is 476. The molecule has 0 amide bonds. The lowest BCUT2D eigenvalue weighted by Crippen LogP contribution is -1.89. The van der Waals surface area contributed by atoms with Gasteiger partial charge in [-0.25, -0.2) is 0 Å². The first-order valence-electron chi connectivity index (χ1n) is 4.09. The Morgan fingerprint density at radius 1 is 1.54 bits per heavy atom. The van der Waals surface area contributed by atoms with E-state index in [4.69, 9.17) is 5.26 Å². The van der Waals surface area contributed by atoms with E-state index in [1.54, 1.807) is 0 Å². The molecule has 0 bridgehead atoms. The van der Waals surface area contributed by atoms with Crippen LogP contribution in [0.4, 0.5) is 0 Å². The van der Waals surface area contributed by atoms with E-state index in [0.29, 0.717) is 6.42 Å². The Morgan fingerprint density at radius 3 is 3.15 bits per heavy atom. The summed E-state index contributed by atoms with van der Waals surface area (Å²) in [7, 11) is 1.90. The summed E-state index contributed by atoms with van der Waals surface area (Å²) in [6.07, 6.45) is 2.26. The monoisotopic (exact) mass is 171 g/mol. The molecule has 0 aliphatic carbocycles. The minimum atomic E-state index is 0.447. The number of benzene rings is 1. The van der Waals surface area contributed by atoms with E-state index in [1.165, 1.54) is 0 Å². The zero-order chi connectivity index (χ0) is 9.26. The third-order valence-corrected chi connectivity index (χ3v) is 2.15. The Hall–Kier alpha value is -1.82. The lowest BCUT2D eigenvalue weighted by Gasteiger charge is -1.97. The van der Waals surface area contributed by atoms with Gasteiger partial charge in [0.05, 0.1) is 24.2 Å². The minimum Gasteiger partial charge on any atom is -0.268 e. The molecule has 0 aliphatic heterocycles. The molecule has 2 rings (SSSR count). The highest BCUT2D eigenvalue weighted by Crippen LogP contribution is 2.17. The van der Waals surface area contributed by atoms with Crippen molar-refractivity contribution in [2.24, 2.45) is 7.05 Å². The van der Waals surface area contributed by atoms with Crippen LogP contribution in [-0.4, -0.2) is 9.78 Å². The van der Waals surface area contributed by atoms with Crippen LogP contribution in [0, 0.1) is 11.3 Å². The number of rotatable bonds is 1. The highest BCUT2D eigenvalue weighted by molar-refractivity contribution is 5.82. The van der Waals surface area contributed by atoms with Crippen LogP contribution in [0.1, 0.15) is 5.56 Å². The quantitative estimate of drug-likeness (QED) is 0.654. The molecule has 3 nitrogen and oxygen atoms in total. The largest absolute Gasteiger partial charge is 0.268 e. The van der Waals surface area contributed by atoms with Gasteiger partial charge in [0, 0.05) is 12.4 Å². The average molecular weight is 171 g/mol. The second-order valence-corrected chi connectivity index (χ2v) is 2.95. The molecule has 0 saturated carbocycles. The SMILES string of the molecule is Cn1ncc2c(CC#N)cccc21. The van der Waals surface area contributed by atoms with Gasteiger partial charge in [0.1, 0.15) is 0 Å². The van der Waals surface area contributed by atoms with E-state index in [1.807, 2.05) is 36.1 Å². The number of fused-ring (bicyclic) bond motifs is 1. The molecule has 1 aromatic carbocycles. The molecule has 0 fully saturated rings. The highest BCUT2D eigenvalue weighted by Gasteiger charge is 2.03. The van der Waals surface area contributed by atoms with Crippen LogP contribution in [-0.2, 0) is 13.5 Å². The van der Waals surface area contributed by atoms with Crippen molar-refractivity contribution in [1.29, 1.82) is 5.26 Å². The Morgan fingerprint density at radius 2 is 2.38 bits per heavy atom. The molecule has 0 radical (unpaired) electrons. The molecule has 3 heteroatoms. The summed E-state index contributed by atoms with van der Waals surface area (Å²) >= 11 is 0. The maximum Gasteiger partial charge on any atom is 0.0682 e. The highest BCUT2D eigenvalue weighted by atomic mass is 15.2. The Balaban J connectivity index is 2.71. The summed E-state index contributed by atoms with van der Waals surface area (Å²) in [5, 5.41) is 13.8. The van der Waals surface area contributed by atoms with Gasteiger partial charge in [0.25, 0.3) is 0 Å². The number of aryl methyl sites for hydroxylation is 1. The fourth-order valence-electron chi connectivity index (χ4n) is 1.48. The summed E-state index contributed by atoms with van der Waals surface area (Å²) in [5.41, 5.74) is 2.13. The fourth-order valence-corrected chi connectivity index (χ4v) is 1.48. The maximum absolute atomic E-state index is 8.61. The summed E-state index contributed by atoms with van der Waals surface area (Å²) in [5.74, 6) is 0. The van der Waals surface area contributed by atoms with E-state index >= 15 is 0 Å². The first-order valence-corrected chi connectivity index (χ1v) is 4.09. The zero-order valence-corrected chi connectivity index (χ0v) is 7.36. The standard InChI is InChI=1S/C10H9N3/c1-13-10-4-2-3-8(5-6-11)9(10)7-12-13/h2-4,7H,5H2,1H3. The lowest BCUT2D eigenvalue weighted by molar-refractivity contribution is 0.797. The smallest absolute Gasteiger partial charge is 0.0682 e. The Kier molecular flexibility index (Phi) is 1.75. The summed E-state index contributed by atoms with van der Waals surface area (Å²) in [6.45, 7) is 0. The van der Waals surface area contributed by atoms with Crippen molar-refractivity contribution in [3.8, 4) is 6.07 Å². The molecule has 1 aromatic heterocycles. The van der Waals surface area contributed by atoms with Crippen LogP contribution in [0.5, 0.6) is 0 Å².